The van der Waals surface area contributed by atoms with E-state index in [1.165, 1.54) is 19.2 Å². The van der Waals surface area contributed by atoms with Crippen molar-refractivity contribution >= 4 is 5.71 Å². The van der Waals surface area contributed by atoms with E-state index in [9.17, 15) is 4.39 Å². The van der Waals surface area contributed by atoms with Gasteiger partial charge in [-0.1, -0.05) is 29.3 Å². The first-order chi connectivity index (χ1) is 9.29. The zero-order chi connectivity index (χ0) is 13.5. The fourth-order valence-corrected chi connectivity index (χ4v) is 1.50. The molecule has 2 nitrogen and oxygen atoms in total. The van der Waals surface area contributed by atoms with Crippen LogP contribution in [0, 0.1) is 17.7 Å². The highest BCUT2D eigenvalue weighted by Crippen LogP contribution is 2.05. The third kappa shape index (κ3) is 3.68. The lowest BCUT2D eigenvalue weighted by Gasteiger charge is -1.98. The first-order valence-corrected chi connectivity index (χ1v) is 5.74. The van der Waals surface area contributed by atoms with E-state index in [0.717, 1.165) is 5.56 Å². The van der Waals surface area contributed by atoms with Gasteiger partial charge in [0, 0.05) is 11.1 Å². The number of nitrogens with zero attached hydrogens (tertiary/aromatic N) is 1. The molecule has 0 aliphatic carbocycles. The van der Waals surface area contributed by atoms with Crippen LogP contribution in [-0.4, -0.2) is 12.8 Å². The molecule has 2 aromatic rings. The molecule has 94 valence electrons. The molecule has 19 heavy (non-hydrogen) atoms. The summed E-state index contributed by atoms with van der Waals surface area (Å²) in [6.07, 6.45) is 0. The van der Waals surface area contributed by atoms with Gasteiger partial charge >= 0.3 is 0 Å². The molecule has 0 spiro atoms. The van der Waals surface area contributed by atoms with Crippen molar-refractivity contribution < 1.29 is 9.23 Å². The van der Waals surface area contributed by atoms with Crippen molar-refractivity contribution in [3.8, 4) is 11.8 Å². The van der Waals surface area contributed by atoms with Crippen molar-refractivity contribution in [2.75, 3.05) is 7.11 Å². The molecule has 0 amide bonds. The SMILES string of the molecule is CON=C(C#Cc1ccccc1)c1ccc(F)cc1. The van der Waals surface area contributed by atoms with Crippen molar-refractivity contribution in [2.45, 2.75) is 0 Å². The monoisotopic (exact) mass is 253 g/mol. The van der Waals surface area contributed by atoms with E-state index in [2.05, 4.69) is 17.0 Å². The lowest BCUT2D eigenvalue weighted by atomic mass is 10.1. The van der Waals surface area contributed by atoms with Gasteiger partial charge in [0.15, 0.2) is 5.71 Å². The standard InChI is InChI=1S/C16H12FNO/c1-19-18-16(14-8-10-15(17)11-9-14)12-7-13-5-3-2-4-6-13/h2-6,8-11H,1H3. The maximum atomic E-state index is 12.9. The number of hydrogen-bond acceptors (Lipinski definition) is 2. The van der Waals surface area contributed by atoms with Crippen LogP contribution in [0.25, 0.3) is 0 Å². The van der Waals surface area contributed by atoms with Crippen molar-refractivity contribution in [3.05, 3.63) is 71.5 Å². The smallest absolute Gasteiger partial charge is 0.160 e. The number of hydrogen-bond donors (Lipinski definition) is 0. The number of halogens is 1. The minimum absolute atomic E-state index is 0.295. The van der Waals surface area contributed by atoms with Crippen LogP contribution in [0.1, 0.15) is 11.1 Å². The van der Waals surface area contributed by atoms with Crippen LogP contribution in [0.2, 0.25) is 0 Å². The summed E-state index contributed by atoms with van der Waals surface area (Å²) in [5.41, 5.74) is 2.06. The van der Waals surface area contributed by atoms with Gasteiger partial charge in [-0.3, -0.25) is 0 Å². The molecule has 0 aliphatic rings. The quantitative estimate of drug-likeness (QED) is 0.457. The van der Waals surface area contributed by atoms with Gasteiger partial charge in [0.05, 0.1) is 0 Å². The first kappa shape index (κ1) is 12.8. The lowest BCUT2D eigenvalue weighted by molar-refractivity contribution is 0.214. The molecule has 2 rings (SSSR count). The average Bonchev–Trinajstić information content (AvgIpc) is 2.46. The zero-order valence-corrected chi connectivity index (χ0v) is 10.4. The molecule has 0 saturated carbocycles. The van der Waals surface area contributed by atoms with E-state index in [4.69, 9.17) is 4.84 Å². The van der Waals surface area contributed by atoms with E-state index in [0.29, 0.717) is 11.3 Å². The number of rotatable bonds is 2. The van der Waals surface area contributed by atoms with E-state index >= 15 is 0 Å². The molecule has 0 heterocycles. The van der Waals surface area contributed by atoms with Gasteiger partial charge in [0.2, 0.25) is 0 Å². The normalized spacial score (nSPS) is 10.5. The molecule has 0 fully saturated rings. The van der Waals surface area contributed by atoms with Gasteiger partial charge in [-0.25, -0.2) is 4.39 Å². The van der Waals surface area contributed by atoms with E-state index < -0.39 is 0 Å². The molecule has 0 N–H and O–H groups in total. The summed E-state index contributed by atoms with van der Waals surface area (Å²) in [6.45, 7) is 0. The highest BCUT2D eigenvalue weighted by molar-refractivity contribution is 6.12. The van der Waals surface area contributed by atoms with E-state index in [-0.39, 0.29) is 5.82 Å². The predicted octanol–water partition coefficient (Wildman–Crippen LogP) is 3.23. The summed E-state index contributed by atoms with van der Waals surface area (Å²) in [4.78, 5) is 4.77. The van der Waals surface area contributed by atoms with Crippen LogP contribution in [0.15, 0.2) is 59.8 Å². The molecular formula is C16H12FNO. The Bertz CT molecular complexity index is 621. The summed E-state index contributed by atoms with van der Waals surface area (Å²) in [6, 6.07) is 15.5. The van der Waals surface area contributed by atoms with Crippen LogP contribution in [0.5, 0.6) is 0 Å². The van der Waals surface area contributed by atoms with Crippen LogP contribution in [0.3, 0.4) is 0 Å². The lowest BCUT2D eigenvalue weighted by Crippen LogP contribution is -1.98. The molecule has 0 radical (unpaired) electrons. The molecule has 0 saturated heterocycles. The van der Waals surface area contributed by atoms with Gasteiger partial charge in [0.25, 0.3) is 0 Å². The van der Waals surface area contributed by atoms with Crippen LogP contribution in [-0.2, 0) is 4.84 Å². The van der Waals surface area contributed by atoms with Crippen LogP contribution < -0.4 is 0 Å². The Hall–Kier alpha value is -2.60. The Labute approximate surface area is 111 Å². The molecule has 0 aliphatic heterocycles. The summed E-state index contributed by atoms with van der Waals surface area (Å²) in [7, 11) is 1.45. The van der Waals surface area contributed by atoms with Crippen molar-refractivity contribution in [1.82, 2.24) is 0 Å². The maximum Gasteiger partial charge on any atom is 0.160 e. The largest absolute Gasteiger partial charge is 0.398 e. The van der Waals surface area contributed by atoms with Crippen LogP contribution in [0.4, 0.5) is 4.39 Å². The zero-order valence-electron chi connectivity index (χ0n) is 10.4. The average molecular weight is 253 g/mol. The second kappa shape index (κ2) is 6.36. The van der Waals surface area contributed by atoms with Gasteiger partial charge in [0.1, 0.15) is 12.9 Å². The van der Waals surface area contributed by atoms with Gasteiger partial charge < -0.3 is 4.84 Å². The molecule has 2 aromatic carbocycles. The number of benzene rings is 2. The minimum atomic E-state index is -0.295. The van der Waals surface area contributed by atoms with Gasteiger partial charge in [-0.15, -0.1) is 0 Å². The summed E-state index contributed by atoms with van der Waals surface area (Å²) >= 11 is 0. The Kier molecular flexibility index (Phi) is 4.30. The second-order valence-electron chi connectivity index (χ2n) is 3.75. The first-order valence-electron chi connectivity index (χ1n) is 5.74. The Morgan fingerprint density at radius 3 is 2.37 bits per heavy atom. The Balaban J connectivity index is 2.30. The Morgan fingerprint density at radius 1 is 1.05 bits per heavy atom. The molecule has 0 aromatic heterocycles. The minimum Gasteiger partial charge on any atom is -0.398 e. The topological polar surface area (TPSA) is 21.6 Å². The fourth-order valence-electron chi connectivity index (χ4n) is 1.50. The number of oxime groups is 1. The van der Waals surface area contributed by atoms with Crippen molar-refractivity contribution in [1.29, 1.82) is 0 Å². The molecule has 0 unspecified atom stereocenters. The van der Waals surface area contributed by atoms with Gasteiger partial charge in [-0.05, 0) is 42.3 Å². The highest BCUT2D eigenvalue weighted by atomic mass is 19.1. The second-order valence-corrected chi connectivity index (χ2v) is 3.75. The van der Waals surface area contributed by atoms with E-state index in [1.54, 1.807) is 12.1 Å². The molecule has 3 heteroatoms. The van der Waals surface area contributed by atoms with E-state index in [1.807, 2.05) is 30.3 Å². The van der Waals surface area contributed by atoms with Gasteiger partial charge in [-0.2, -0.15) is 0 Å². The summed E-state index contributed by atoms with van der Waals surface area (Å²) < 4.78 is 12.9. The summed E-state index contributed by atoms with van der Waals surface area (Å²) in [5, 5.41) is 3.86. The molecule has 0 atom stereocenters. The van der Waals surface area contributed by atoms with Crippen molar-refractivity contribution in [3.63, 3.8) is 0 Å². The Morgan fingerprint density at radius 2 is 1.74 bits per heavy atom. The predicted molar refractivity (Wildman–Crippen MR) is 73.3 cm³/mol. The third-order valence-electron chi connectivity index (χ3n) is 2.40. The molecule has 0 bridgehead atoms. The molecular weight excluding hydrogens is 241 g/mol. The summed E-state index contributed by atoms with van der Waals surface area (Å²) in [5.74, 6) is 5.62. The fraction of sp³-hybridized carbons (Fsp3) is 0.0625. The third-order valence-corrected chi connectivity index (χ3v) is 2.40. The van der Waals surface area contributed by atoms with Crippen LogP contribution >= 0.6 is 0 Å². The highest BCUT2D eigenvalue weighted by Gasteiger charge is 2.01. The van der Waals surface area contributed by atoms with Crippen molar-refractivity contribution in [2.24, 2.45) is 5.16 Å². The maximum absolute atomic E-state index is 12.9.